The van der Waals surface area contributed by atoms with Crippen LogP contribution in [-0.2, 0) is 0 Å². The van der Waals surface area contributed by atoms with Crippen LogP contribution in [0.15, 0.2) is 20.2 Å². The summed E-state index contributed by atoms with van der Waals surface area (Å²) in [6.45, 7) is 0. The van der Waals surface area contributed by atoms with Gasteiger partial charge >= 0.3 is 192 Å². The van der Waals surface area contributed by atoms with Crippen molar-refractivity contribution in [2.75, 3.05) is 0 Å². The van der Waals surface area contributed by atoms with Crippen molar-refractivity contribution in [1.82, 2.24) is 0 Å². The number of allylic oxidation sites excluding steroid dienone is 2. The third-order valence-corrected chi connectivity index (χ3v) is 10.3. The summed E-state index contributed by atoms with van der Waals surface area (Å²) in [7, 11) is 0. The topological polar surface area (TPSA) is 0 Å². The molecule has 0 atom stereocenters. The van der Waals surface area contributed by atoms with Gasteiger partial charge in [-0.3, -0.25) is 0 Å². The van der Waals surface area contributed by atoms with E-state index in [2.05, 4.69) is 79.5 Å². The molecular weight excluding hydrogens is 911 g/mol. The van der Waals surface area contributed by atoms with Gasteiger partial charge in [0.25, 0.3) is 0 Å². The first-order chi connectivity index (χ1) is 9.93. The molecular formula is C16H40Sb2Sn4. The molecule has 22 heavy (non-hydrogen) atoms. The second-order valence-electron chi connectivity index (χ2n) is 6.91. The Balaban J connectivity index is -0.0000000937. The molecule has 1 aliphatic rings. The van der Waals surface area contributed by atoms with Crippen molar-refractivity contribution >= 4 is 113 Å². The molecule has 0 N–H and O–H groups in total. The van der Waals surface area contributed by atoms with E-state index >= 15 is 0 Å². The van der Waals surface area contributed by atoms with Gasteiger partial charge < -0.3 is 0 Å². The van der Waals surface area contributed by atoms with Crippen LogP contribution in [-0.4, -0.2) is 113 Å². The predicted molar refractivity (Wildman–Crippen MR) is 123 cm³/mol. The van der Waals surface area contributed by atoms with E-state index in [1.54, 1.807) is 0 Å². The Morgan fingerprint density at radius 2 is 0.545 bits per heavy atom. The summed E-state index contributed by atoms with van der Waals surface area (Å²) in [4.78, 5) is 28.4. The first-order valence-electron chi connectivity index (χ1n) is 7.72. The molecule has 0 spiro atoms. The molecule has 0 aromatic rings. The number of hydrogen-bond donors (Lipinski definition) is 0. The zero-order valence-electron chi connectivity index (χ0n) is 17.2. The van der Waals surface area contributed by atoms with E-state index < -0.39 is 79.0 Å². The van der Waals surface area contributed by atoms with Crippen LogP contribution in [0.4, 0.5) is 0 Å². The molecule has 0 aromatic carbocycles. The van der Waals surface area contributed by atoms with E-state index in [-0.39, 0.29) is 0 Å². The molecule has 0 unspecified atom stereocenters. The Kier molecular flexibility index (Phi) is 46.3. The summed E-state index contributed by atoms with van der Waals surface area (Å²) in [6, 6.07) is 0. The van der Waals surface area contributed by atoms with Crippen LogP contribution in [0.1, 0.15) is 0 Å². The second kappa shape index (κ2) is 30.1. The molecule has 0 bridgehead atoms. The Morgan fingerprint density at radius 1 is 0.409 bits per heavy atom. The molecule has 1 heterocycles. The maximum absolute atomic E-state index is 2.40. The van der Waals surface area contributed by atoms with Crippen molar-refractivity contribution < 1.29 is 0 Å². The van der Waals surface area contributed by atoms with Crippen LogP contribution >= 0.6 is 0 Å². The van der Waals surface area contributed by atoms with Crippen molar-refractivity contribution in [3.63, 3.8) is 0 Å². The van der Waals surface area contributed by atoms with Crippen LogP contribution in [0.2, 0.25) is 59.3 Å². The summed E-state index contributed by atoms with van der Waals surface area (Å²) >= 11 is -1.55. The fourth-order valence-corrected chi connectivity index (χ4v) is 7.59. The molecule has 0 amide bonds. The van der Waals surface area contributed by atoms with Crippen LogP contribution < -0.4 is 0 Å². The molecule has 0 saturated carbocycles. The van der Waals surface area contributed by atoms with Crippen LogP contribution in [0, 0.1) is 0 Å². The van der Waals surface area contributed by atoms with E-state index in [9.17, 15) is 0 Å². The molecule has 0 fully saturated rings. The fraction of sp³-hybridized carbons (Fsp3) is 0.750. The normalized spacial score (nSPS) is 10.9. The molecule has 0 nitrogen and oxygen atoms in total. The minimum atomic E-state index is -0.543. The van der Waals surface area contributed by atoms with Gasteiger partial charge in [0, 0.05) is 0 Å². The maximum atomic E-state index is 2.40. The summed E-state index contributed by atoms with van der Waals surface area (Å²) in [5.74, 6) is 0. The van der Waals surface area contributed by atoms with Gasteiger partial charge in [0.05, 0.1) is 0 Å². The number of rotatable bonds is 0. The van der Waals surface area contributed by atoms with E-state index in [1.165, 1.54) is 0 Å². The molecule has 1 aliphatic heterocycles. The molecule has 0 aliphatic carbocycles. The van der Waals surface area contributed by atoms with Crippen molar-refractivity contribution in [3.8, 4) is 0 Å². The summed E-state index contributed by atoms with van der Waals surface area (Å²) < 4.78 is 4.79. The summed E-state index contributed by atoms with van der Waals surface area (Å²) in [5, 5.41) is 0. The molecule has 6 heteroatoms. The van der Waals surface area contributed by atoms with E-state index in [4.69, 9.17) is 0 Å². The quantitative estimate of drug-likeness (QED) is 0.269. The first-order valence-corrected chi connectivity index (χ1v) is 53.7. The molecule has 4 radical (unpaired) electrons. The van der Waals surface area contributed by atoms with E-state index in [1.807, 2.05) is 0 Å². The average Bonchev–Trinajstić information content (AvgIpc) is 2.28. The zero-order valence-corrected chi connectivity index (χ0v) is 33.7. The van der Waals surface area contributed by atoms with E-state index in [0.717, 1.165) is 0 Å². The van der Waals surface area contributed by atoms with Gasteiger partial charge in [0.2, 0.25) is 0 Å². The van der Waals surface area contributed by atoms with Gasteiger partial charge in [0.15, 0.2) is 0 Å². The number of hydrogen-bond acceptors (Lipinski definition) is 0. The molecule has 1 rings (SSSR count). The van der Waals surface area contributed by atoms with Gasteiger partial charge in [-0.15, -0.1) is 0 Å². The Labute approximate surface area is 188 Å². The first kappa shape index (κ1) is 33.9. The van der Waals surface area contributed by atoms with Gasteiger partial charge in [0.1, 0.15) is 0 Å². The van der Waals surface area contributed by atoms with Crippen LogP contribution in [0.5, 0.6) is 0 Å². The molecule has 130 valence electrons. The summed E-state index contributed by atoms with van der Waals surface area (Å²) in [6.07, 6.45) is 4.38. The minimum absolute atomic E-state index is 0.312. The van der Waals surface area contributed by atoms with Gasteiger partial charge in [-0.2, -0.15) is 0 Å². The third kappa shape index (κ3) is 124. The van der Waals surface area contributed by atoms with Gasteiger partial charge in [-0.25, -0.2) is 0 Å². The van der Waals surface area contributed by atoms with Crippen molar-refractivity contribution in [2.24, 2.45) is 0 Å². The van der Waals surface area contributed by atoms with Crippen LogP contribution in [0.25, 0.3) is 0 Å². The Morgan fingerprint density at radius 3 is 0.591 bits per heavy atom. The Hall–Kier alpha value is 4.31. The fourth-order valence-electron chi connectivity index (χ4n) is 0.253. The summed E-state index contributed by atoms with van der Waals surface area (Å²) in [5.41, 5.74) is 0. The third-order valence-electron chi connectivity index (χ3n) is 0.483. The second-order valence-corrected chi connectivity index (χ2v) is 53.0. The Bertz CT molecular complexity index is 190. The van der Waals surface area contributed by atoms with Crippen LogP contribution in [0.3, 0.4) is 0 Å². The van der Waals surface area contributed by atoms with Crippen molar-refractivity contribution in [2.45, 2.75) is 59.3 Å². The van der Waals surface area contributed by atoms with Gasteiger partial charge in [-0.05, 0) is 0 Å². The zero-order chi connectivity index (χ0) is 18.6. The predicted octanol–water partition coefficient (Wildman–Crippen LogP) is 5.83. The molecule has 0 aromatic heterocycles. The van der Waals surface area contributed by atoms with E-state index in [0.29, 0.717) is 33.7 Å². The standard InChI is InChI=1S/C4H4.12CH3.2Sb.4Sn/c1-3-4-2;;;;;;;;;;;;;;;;;;/h1-4H;12*1H3;;;;;;. The molecule has 0 saturated heterocycles. The van der Waals surface area contributed by atoms with Gasteiger partial charge in [-0.1, -0.05) is 0 Å². The van der Waals surface area contributed by atoms with Crippen molar-refractivity contribution in [1.29, 1.82) is 0 Å². The average molecular weight is 951 g/mol. The van der Waals surface area contributed by atoms with Crippen molar-refractivity contribution in [3.05, 3.63) is 20.2 Å². The SMILES string of the molecule is C1=[CH][Sb]=[Sb][CH]=C1.[CH3][Sn]([CH3])[CH3].[CH3][Sn]([CH3])[CH3].[CH3][Sn]([CH3])[CH3].[CH3][Sn]([CH3])[CH3]. The monoisotopic (exact) mass is 954 g/mol.